The van der Waals surface area contributed by atoms with Crippen molar-refractivity contribution in [3.8, 4) is 0 Å². The maximum Gasteiger partial charge on any atom is 0.338 e. The number of rotatable bonds is 2. The maximum absolute atomic E-state index is 10.8. The van der Waals surface area contributed by atoms with Crippen LogP contribution < -0.4 is 0 Å². The highest BCUT2D eigenvalue weighted by molar-refractivity contribution is 5.76. The molecule has 76 valence electrons. The van der Waals surface area contributed by atoms with Crippen LogP contribution in [0, 0.1) is 0 Å². The van der Waals surface area contributed by atoms with Crippen molar-refractivity contribution in [2.24, 2.45) is 0 Å². The lowest BCUT2D eigenvalue weighted by atomic mass is 10.00. The van der Waals surface area contributed by atoms with Crippen LogP contribution >= 0.6 is 0 Å². The summed E-state index contributed by atoms with van der Waals surface area (Å²) in [7, 11) is 1.29. The molecular formula is C7H12O6. The first-order chi connectivity index (χ1) is 6.11. The highest BCUT2D eigenvalue weighted by Crippen LogP contribution is 2.18. The summed E-state index contributed by atoms with van der Waals surface area (Å²) in [4.78, 5) is 10.8. The molecular weight excluding hydrogens is 180 g/mol. The minimum absolute atomic E-state index is 0.450. The molecule has 13 heavy (non-hydrogen) atoms. The van der Waals surface area contributed by atoms with E-state index in [9.17, 15) is 9.90 Å². The van der Waals surface area contributed by atoms with Crippen LogP contribution in [0.1, 0.15) is 0 Å². The van der Waals surface area contributed by atoms with Crippen molar-refractivity contribution in [3.63, 3.8) is 0 Å². The van der Waals surface area contributed by atoms with Crippen molar-refractivity contribution in [1.29, 1.82) is 0 Å². The largest absolute Gasteiger partial charge is 0.455 e. The second-order valence-corrected chi connectivity index (χ2v) is 2.79. The number of carbonyl (C=O) groups excluding carboxylic acids is 1. The molecule has 0 radical (unpaired) electrons. The summed E-state index contributed by atoms with van der Waals surface area (Å²) >= 11 is 0. The Morgan fingerprint density at radius 3 is 2.62 bits per heavy atom. The SMILES string of the molecule is CO[C@H]1[C@H](O)[C@H](O)C(=O)O[C@@H]1CO. The molecule has 1 heterocycles. The fourth-order valence-corrected chi connectivity index (χ4v) is 1.26. The zero-order valence-electron chi connectivity index (χ0n) is 7.08. The summed E-state index contributed by atoms with van der Waals surface area (Å²) in [6, 6.07) is 0. The van der Waals surface area contributed by atoms with Crippen LogP contribution in [0.2, 0.25) is 0 Å². The normalized spacial score (nSPS) is 40.2. The summed E-state index contributed by atoms with van der Waals surface area (Å²) in [5, 5.41) is 27.2. The van der Waals surface area contributed by atoms with E-state index < -0.39 is 37.0 Å². The quantitative estimate of drug-likeness (QED) is 0.423. The fourth-order valence-electron chi connectivity index (χ4n) is 1.26. The molecule has 0 aliphatic carbocycles. The molecule has 1 aliphatic heterocycles. The van der Waals surface area contributed by atoms with Crippen molar-refractivity contribution in [3.05, 3.63) is 0 Å². The van der Waals surface area contributed by atoms with Gasteiger partial charge in [0.2, 0.25) is 0 Å². The Bertz CT molecular complexity index is 191. The summed E-state index contributed by atoms with van der Waals surface area (Å²) in [6.45, 7) is -0.450. The Kier molecular flexibility index (Phi) is 3.21. The van der Waals surface area contributed by atoms with E-state index in [1.165, 1.54) is 7.11 Å². The van der Waals surface area contributed by atoms with Gasteiger partial charge in [-0.3, -0.25) is 0 Å². The first-order valence-electron chi connectivity index (χ1n) is 3.82. The van der Waals surface area contributed by atoms with Gasteiger partial charge in [0.05, 0.1) is 6.61 Å². The minimum atomic E-state index is -1.60. The van der Waals surface area contributed by atoms with E-state index in [0.717, 1.165) is 0 Å². The van der Waals surface area contributed by atoms with Gasteiger partial charge in [-0.2, -0.15) is 0 Å². The van der Waals surface area contributed by atoms with E-state index in [4.69, 9.17) is 14.9 Å². The number of hydrogen-bond acceptors (Lipinski definition) is 6. The number of ether oxygens (including phenoxy) is 2. The van der Waals surface area contributed by atoms with Crippen molar-refractivity contribution in [1.82, 2.24) is 0 Å². The molecule has 1 rings (SSSR count). The van der Waals surface area contributed by atoms with Gasteiger partial charge >= 0.3 is 5.97 Å². The van der Waals surface area contributed by atoms with Crippen LogP contribution in [-0.4, -0.2) is 59.4 Å². The molecule has 4 atom stereocenters. The molecule has 0 aromatic carbocycles. The van der Waals surface area contributed by atoms with Gasteiger partial charge in [0.1, 0.15) is 12.2 Å². The Labute approximate surface area is 74.7 Å². The van der Waals surface area contributed by atoms with Crippen LogP contribution in [0.25, 0.3) is 0 Å². The van der Waals surface area contributed by atoms with Crippen molar-refractivity contribution in [2.75, 3.05) is 13.7 Å². The molecule has 6 nitrogen and oxygen atoms in total. The van der Waals surface area contributed by atoms with Crippen LogP contribution in [0.15, 0.2) is 0 Å². The Hall–Kier alpha value is -0.690. The average molecular weight is 192 g/mol. The van der Waals surface area contributed by atoms with Crippen molar-refractivity contribution < 1.29 is 29.6 Å². The third kappa shape index (κ3) is 1.80. The number of aliphatic hydroxyl groups is 3. The molecule has 1 aliphatic rings. The van der Waals surface area contributed by atoms with Crippen LogP contribution in [0.4, 0.5) is 0 Å². The van der Waals surface area contributed by atoms with E-state index >= 15 is 0 Å². The molecule has 1 fully saturated rings. The molecule has 0 unspecified atom stereocenters. The Balaban J connectivity index is 2.74. The first-order valence-corrected chi connectivity index (χ1v) is 3.82. The molecule has 0 amide bonds. The van der Waals surface area contributed by atoms with E-state index in [1.807, 2.05) is 0 Å². The first kappa shape index (κ1) is 10.4. The maximum atomic E-state index is 10.8. The van der Waals surface area contributed by atoms with E-state index in [-0.39, 0.29) is 0 Å². The van der Waals surface area contributed by atoms with Gasteiger partial charge in [-0.1, -0.05) is 0 Å². The number of aliphatic hydroxyl groups excluding tert-OH is 3. The molecule has 6 heteroatoms. The van der Waals surface area contributed by atoms with E-state index in [0.29, 0.717) is 0 Å². The monoisotopic (exact) mass is 192 g/mol. The number of esters is 1. The lowest BCUT2D eigenvalue weighted by Gasteiger charge is -2.35. The minimum Gasteiger partial charge on any atom is -0.455 e. The van der Waals surface area contributed by atoms with Crippen molar-refractivity contribution in [2.45, 2.75) is 24.4 Å². The second-order valence-electron chi connectivity index (χ2n) is 2.79. The van der Waals surface area contributed by atoms with Gasteiger partial charge in [-0.15, -0.1) is 0 Å². The van der Waals surface area contributed by atoms with Crippen LogP contribution in [0.5, 0.6) is 0 Å². The van der Waals surface area contributed by atoms with E-state index in [1.54, 1.807) is 0 Å². The topological polar surface area (TPSA) is 96.2 Å². The molecule has 3 N–H and O–H groups in total. The summed E-state index contributed by atoms with van der Waals surface area (Å²) < 4.78 is 9.38. The molecule has 0 bridgehead atoms. The van der Waals surface area contributed by atoms with Gasteiger partial charge < -0.3 is 24.8 Å². The number of hydrogen-bond donors (Lipinski definition) is 3. The Morgan fingerprint density at radius 1 is 1.54 bits per heavy atom. The molecule has 0 aromatic heterocycles. The summed E-state index contributed by atoms with van der Waals surface area (Å²) in [6.07, 6.45) is -4.77. The summed E-state index contributed by atoms with van der Waals surface area (Å²) in [5.74, 6) is -0.945. The third-order valence-electron chi connectivity index (χ3n) is 1.99. The lowest BCUT2D eigenvalue weighted by Crippen LogP contribution is -2.57. The zero-order chi connectivity index (χ0) is 10.0. The molecule has 1 saturated heterocycles. The van der Waals surface area contributed by atoms with Gasteiger partial charge in [0, 0.05) is 7.11 Å². The lowest BCUT2D eigenvalue weighted by molar-refractivity contribution is -0.211. The summed E-state index contributed by atoms with van der Waals surface area (Å²) in [5.41, 5.74) is 0. The smallest absolute Gasteiger partial charge is 0.338 e. The molecule has 0 spiro atoms. The Morgan fingerprint density at radius 2 is 2.15 bits per heavy atom. The molecule has 0 aromatic rings. The van der Waals surface area contributed by atoms with E-state index in [2.05, 4.69) is 4.74 Å². The fraction of sp³-hybridized carbons (Fsp3) is 0.857. The highest BCUT2D eigenvalue weighted by Gasteiger charge is 2.44. The van der Waals surface area contributed by atoms with Gasteiger partial charge in [-0.25, -0.2) is 4.79 Å². The van der Waals surface area contributed by atoms with Crippen LogP contribution in [-0.2, 0) is 14.3 Å². The van der Waals surface area contributed by atoms with Crippen molar-refractivity contribution >= 4 is 5.97 Å². The predicted octanol–water partition coefficient (Wildman–Crippen LogP) is -2.36. The van der Waals surface area contributed by atoms with Gasteiger partial charge in [0.25, 0.3) is 0 Å². The predicted molar refractivity (Wildman–Crippen MR) is 39.8 cm³/mol. The molecule has 0 saturated carbocycles. The zero-order valence-corrected chi connectivity index (χ0v) is 7.08. The van der Waals surface area contributed by atoms with Crippen LogP contribution in [0.3, 0.4) is 0 Å². The highest BCUT2D eigenvalue weighted by atomic mass is 16.6. The second kappa shape index (κ2) is 4.01. The number of carbonyl (C=O) groups is 1. The van der Waals surface area contributed by atoms with Gasteiger partial charge in [-0.05, 0) is 0 Å². The number of methoxy groups -OCH3 is 1. The average Bonchev–Trinajstić information content (AvgIpc) is 2.13. The number of cyclic esters (lactones) is 1. The third-order valence-corrected chi connectivity index (χ3v) is 1.99. The van der Waals surface area contributed by atoms with Gasteiger partial charge in [0.15, 0.2) is 12.2 Å². The standard InChI is InChI=1S/C7H12O6/c1-12-6-3(2-8)13-7(11)5(10)4(6)9/h3-6,8-10H,2H2,1H3/t3-,4-,5+,6-/m1/s1.